The molecule has 2 aromatic rings. The van der Waals surface area contributed by atoms with Gasteiger partial charge in [-0.2, -0.15) is 4.98 Å². The molecule has 1 aliphatic heterocycles. The Kier molecular flexibility index (Phi) is 5.48. The van der Waals surface area contributed by atoms with E-state index in [2.05, 4.69) is 20.4 Å². The van der Waals surface area contributed by atoms with Crippen molar-refractivity contribution >= 4 is 5.91 Å². The van der Waals surface area contributed by atoms with Gasteiger partial charge in [-0.05, 0) is 52.3 Å². The largest absolute Gasteiger partial charge is 0.352 e. The van der Waals surface area contributed by atoms with E-state index in [1.807, 2.05) is 51.1 Å². The van der Waals surface area contributed by atoms with Crippen molar-refractivity contribution < 1.29 is 9.32 Å². The first-order chi connectivity index (χ1) is 12.0. The van der Waals surface area contributed by atoms with E-state index in [9.17, 15) is 4.79 Å². The SMILES string of the molecule is Cc1noc(C2CCN(C(C(=O)NC(C)C)c3ccccc3)CC2)n1. The quantitative estimate of drug-likeness (QED) is 0.905. The Bertz CT molecular complexity index is 690. The Morgan fingerprint density at radius 2 is 1.92 bits per heavy atom. The van der Waals surface area contributed by atoms with Gasteiger partial charge in [-0.3, -0.25) is 9.69 Å². The summed E-state index contributed by atoms with van der Waals surface area (Å²) in [6, 6.07) is 9.87. The van der Waals surface area contributed by atoms with Crippen molar-refractivity contribution in [1.29, 1.82) is 0 Å². The van der Waals surface area contributed by atoms with Gasteiger partial charge in [0.25, 0.3) is 0 Å². The van der Waals surface area contributed by atoms with Crippen LogP contribution in [-0.2, 0) is 4.79 Å². The first-order valence-corrected chi connectivity index (χ1v) is 8.94. The van der Waals surface area contributed by atoms with Gasteiger partial charge >= 0.3 is 0 Å². The fourth-order valence-electron chi connectivity index (χ4n) is 3.41. The number of hydrogen-bond acceptors (Lipinski definition) is 5. The second kappa shape index (κ2) is 7.78. The van der Waals surface area contributed by atoms with Crippen LogP contribution < -0.4 is 5.32 Å². The maximum Gasteiger partial charge on any atom is 0.242 e. The molecule has 6 nitrogen and oxygen atoms in total. The monoisotopic (exact) mass is 342 g/mol. The molecule has 25 heavy (non-hydrogen) atoms. The lowest BCUT2D eigenvalue weighted by Gasteiger charge is -2.36. The zero-order chi connectivity index (χ0) is 17.8. The molecule has 1 aromatic heterocycles. The van der Waals surface area contributed by atoms with Crippen LogP contribution in [-0.4, -0.2) is 40.1 Å². The van der Waals surface area contributed by atoms with Gasteiger partial charge in [-0.25, -0.2) is 0 Å². The topological polar surface area (TPSA) is 71.3 Å². The van der Waals surface area contributed by atoms with Gasteiger partial charge in [0, 0.05) is 12.0 Å². The molecule has 0 bridgehead atoms. The van der Waals surface area contributed by atoms with Crippen LogP contribution >= 0.6 is 0 Å². The summed E-state index contributed by atoms with van der Waals surface area (Å²) in [4.78, 5) is 19.4. The highest BCUT2D eigenvalue weighted by Crippen LogP contribution is 2.31. The average Bonchev–Trinajstić information content (AvgIpc) is 3.02. The molecule has 1 N–H and O–H groups in total. The number of benzene rings is 1. The van der Waals surface area contributed by atoms with Crippen LogP contribution in [0.5, 0.6) is 0 Å². The summed E-state index contributed by atoms with van der Waals surface area (Å²) >= 11 is 0. The minimum atomic E-state index is -0.256. The maximum absolute atomic E-state index is 12.8. The van der Waals surface area contributed by atoms with E-state index in [1.54, 1.807) is 0 Å². The Morgan fingerprint density at radius 1 is 1.24 bits per heavy atom. The van der Waals surface area contributed by atoms with Crippen LogP contribution in [0, 0.1) is 6.92 Å². The van der Waals surface area contributed by atoms with Gasteiger partial charge in [-0.15, -0.1) is 0 Å². The van der Waals surface area contributed by atoms with Crippen molar-refractivity contribution in [2.75, 3.05) is 13.1 Å². The highest BCUT2D eigenvalue weighted by atomic mass is 16.5. The third-order valence-electron chi connectivity index (χ3n) is 4.58. The van der Waals surface area contributed by atoms with E-state index < -0.39 is 0 Å². The summed E-state index contributed by atoms with van der Waals surface area (Å²) in [6.45, 7) is 7.48. The van der Waals surface area contributed by atoms with Crippen LogP contribution in [0.1, 0.15) is 55.9 Å². The molecule has 6 heteroatoms. The summed E-state index contributed by atoms with van der Waals surface area (Å²) in [7, 11) is 0. The highest BCUT2D eigenvalue weighted by molar-refractivity contribution is 5.83. The molecule has 3 rings (SSSR count). The van der Waals surface area contributed by atoms with Gasteiger partial charge in [0.2, 0.25) is 11.8 Å². The summed E-state index contributed by atoms with van der Waals surface area (Å²) in [5, 5.41) is 6.95. The number of likely N-dealkylation sites (tertiary alicyclic amines) is 1. The fourth-order valence-corrected chi connectivity index (χ4v) is 3.41. The number of hydrogen-bond donors (Lipinski definition) is 1. The first kappa shape index (κ1) is 17.6. The molecule has 0 aliphatic carbocycles. The predicted molar refractivity (Wildman–Crippen MR) is 95.0 cm³/mol. The van der Waals surface area contributed by atoms with Gasteiger partial charge in [0.05, 0.1) is 0 Å². The summed E-state index contributed by atoms with van der Waals surface area (Å²) < 4.78 is 5.33. The zero-order valence-electron chi connectivity index (χ0n) is 15.1. The Hall–Kier alpha value is -2.21. The van der Waals surface area contributed by atoms with E-state index in [1.165, 1.54) is 0 Å². The van der Waals surface area contributed by atoms with Crippen molar-refractivity contribution in [3.8, 4) is 0 Å². The Morgan fingerprint density at radius 3 is 2.48 bits per heavy atom. The van der Waals surface area contributed by atoms with Crippen molar-refractivity contribution in [2.24, 2.45) is 0 Å². The smallest absolute Gasteiger partial charge is 0.242 e. The average molecular weight is 342 g/mol. The third kappa shape index (κ3) is 4.25. The lowest BCUT2D eigenvalue weighted by atomic mass is 9.93. The molecular weight excluding hydrogens is 316 g/mol. The second-order valence-corrected chi connectivity index (χ2v) is 6.97. The number of amides is 1. The summed E-state index contributed by atoms with van der Waals surface area (Å²) in [6.07, 6.45) is 1.83. The fraction of sp³-hybridized carbons (Fsp3) is 0.526. The third-order valence-corrected chi connectivity index (χ3v) is 4.58. The van der Waals surface area contributed by atoms with E-state index in [0.29, 0.717) is 5.82 Å². The molecule has 0 radical (unpaired) electrons. The summed E-state index contributed by atoms with van der Waals surface area (Å²) in [5.74, 6) is 1.74. The lowest BCUT2D eigenvalue weighted by molar-refractivity contribution is -0.127. The number of nitrogens with zero attached hydrogens (tertiary/aromatic N) is 3. The maximum atomic E-state index is 12.8. The van der Waals surface area contributed by atoms with Crippen LogP contribution in [0.2, 0.25) is 0 Å². The molecule has 0 saturated carbocycles. The normalized spacial score (nSPS) is 17.6. The van der Waals surface area contributed by atoms with E-state index in [4.69, 9.17) is 4.52 Å². The Balaban J connectivity index is 1.73. The lowest BCUT2D eigenvalue weighted by Crippen LogP contribution is -2.45. The molecule has 2 heterocycles. The van der Waals surface area contributed by atoms with Gasteiger partial charge in [-0.1, -0.05) is 35.5 Å². The van der Waals surface area contributed by atoms with Crippen LogP contribution in [0.25, 0.3) is 0 Å². The molecule has 1 unspecified atom stereocenters. The van der Waals surface area contributed by atoms with E-state index >= 15 is 0 Å². The molecule has 1 atom stereocenters. The molecule has 1 aromatic carbocycles. The van der Waals surface area contributed by atoms with Crippen molar-refractivity contribution in [1.82, 2.24) is 20.4 Å². The minimum absolute atomic E-state index is 0.0632. The highest BCUT2D eigenvalue weighted by Gasteiger charge is 2.33. The van der Waals surface area contributed by atoms with E-state index in [0.717, 1.165) is 37.4 Å². The number of carbonyl (C=O) groups is 1. The molecule has 134 valence electrons. The van der Waals surface area contributed by atoms with Crippen molar-refractivity contribution in [3.63, 3.8) is 0 Å². The number of aromatic nitrogens is 2. The first-order valence-electron chi connectivity index (χ1n) is 8.94. The van der Waals surface area contributed by atoms with Gasteiger partial charge in [0.15, 0.2) is 5.82 Å². The number of piperidine rings is 1. The molecule has 1 saturated heterocycles. The number of aryl methyl sites for hydroxylation is 1. The van der Waals surface area contributed by atoms with Crippen LogP contribution in [0.3, 0.4) is 0 Å². The van der Waals surface area contributed by atoms with Gasteiger partial charge < -0.3 is 9.84 Å². The standard InChI is InChI=1S/C19H26N4O2/c1-13(2)20-18(24)17(15-7-5-4-6-8-15)23-11-9-16(10-12-23)19-21-14(3)22-25-19/h4-8,13,16-17H,9-12H2,1-3H3,(H,20,24). The molecule has 1 aliphatic rings. The number of rotatable bonds is 5. The molecule has 1 fully saturated rings. The number of nitrogens with one attached hydrogen (secondary N) is 1. The molecule has 1 amide bonds. The minimum Gasteiger partial charge on any atom is -0.352 e. The predicted octanol–water partition coefficient (Wildman–Crippen LogP) is 2.82. The zero-order valence-corrected chi connectivity index (χ0v) is 15.1. The summed E-state index contributed by atoms with van der Waals surface area (Å²) in [5.41, 5.74) is 1.03. The molecule has 0 spiro atoms. The molecular formula is C19H26N4O2. The van der Waals surface area contributed by atoms with Crippen LogP contribution in [0.15, 0.2) is 34.9 Å². The number of carbonyl (C=O) groups excluding carboxylic acids is 1. The van der Waals surface area contributed by atoms with E-state index in [-0.39, 0.29) is 23.9 Å². The van der Waals surface area contributed by atoms with Crippen LogP contribution in [0.4, 0.5) is 0 Å². The van der Waals surface area contributed by atoms with Crippen molar-refractivity contribution in [2.45, 2.75) is 51.6 Å². The second-order valence-electron chi connectivity index (χ2n) is 6.97. The van der Waals surface area contributed by atoms with Crippen molar-refractivity contribution in [3.05, 3.63) is 47.6 Å². The van der Waals surface area contributed by atoms with Gasteiger partial charge in [0.1, 0.15) is 6.04 Å². The Labute approximate surface area is 148 Å².